The van der Waals surface area contributed by atoms with Crippen molar-refractivity contribution in [2.24, 2.45) is 11.0 Å². The Morgan fingerprint density at radius 2 is 2.08 bits per heavy atom. The van der Waals surface area contributed by atoms with E-state index < -0.39 is 6.04 Å². The summed E-state index contributed by atoms with van der Waals surface area (Å²) in [5.74, 6) is 0.262. The molecule has 2 unspecified atom stereocenters. The highest BCUT2D eigenvalue weighted by molar-refractivity contribution is 6.07. The molecule has 0 saturated carbocycles. The van der Waals surface area contributed by atoms with E-state index in [0.29, 0.717) is 5.56 Å². The molecule has 0 saturated heterocycles. The number of nitrogens with zero attached hydrogens (tertiary/aromatic N) is 2. The van der Waals surface area contributed by atoms with Gasteiger partial charge in [0.05, 0.1) is 18.9 Å². The number of halogens is 1. The number of methoxy groups -OCH3 is 1. The molecule has 128 valence electrons. The summed E-state index contributed by atoms with van der Waals surface area (Å²) < 4.78 is 19.8. The number of ether oxygens (including phenoxy) is 1. The number of hydrogen-bond donors (Lipinski definition) is 0. The lowest BCUT2D eigenvalue weighted by Crippen LogP contribution is -2.31. The van der Waals surface area contributed by atoms with E-state index in [1.54, 1.807) is 25.3 Å². The van der Waals surface area contributed by atoms with Crippen LogP contribution in [0.2, 0.25) is 0 Å². The average molecular weight is 338 g/mol. The van der Waals surface area contributed by atoms with E-state index in [9.17, 15) is 9.18 Å². The molecule has 0 spiro atoms. The zero-order valence-corrected chi connectivity index (χ0v) is 14.2. The lowest BCUT2D eigenvalue weighted by atomic mass is 9.77. The molecule has 0 aromatic heterocycles. The largest absolute Gasteiger partial charge is 0.497 e. The summed E-state index contributed by atoms with van der Waals surface area (Å²) >= 11 is 0. The van der Waals surface area contributed by atoms with Crippen molar-refractivity contribution in [2.75, 3.05) is 7.11 Å². The smallest absolute Gasteiger partial charge is 0.240 e. The summed E-state index contributed by atoms with van der Waals surface area (Å²) in [7, 11) is 1.63. The van der Waals surface area contributed by atoms with Gasteiger partial charge in [0.1, 0.15) is 11.6 Å². The fourth-order valence-electron chi connectivity index (χ4n) is 3.90. The van der Waals surface area contributed by atoms with Gasteiger partial charge in [0.2, 0.25) is 5.91 Å². The molecule has 2 aromatic carbocycles. The van der Waals surface area contributed by atoms with Crippen molar-refractivity contribution in [3.8, 4) is 5.75 Å². The van der Waals surface area contributed by atoms with Gasteiger partial charge in [-0.1, -0.05) is 24.3 Å². The number of rotatable bonds is 2. The summed E-state index contributed by atoms with van der Waals surface area (Å²) in [6.07, 6.45) is 1.71. The van der Waals surface area contributed by atoms with Crippen LogP contribution in [0.5, 0.6) is 5.75 Å². The lowest BCUT2D eigenvalue weighted by Gasteiger charge is -2.29. The van der Waals surface area contributed by atoms with Crippen LogP contribution in [0.3, 0.4) is 0 Å². The normalized spacial score (nSPS) is 21.4. The Bertz CT molecular complexity index is 878. The van der Waals surface area contributed by atoms with Gasteiger partial charge in [0.15, 0.2) is 0 Å². The first-order valence-electron chi connectivity index (χ1n) is 8.40. The predicted octanol–water partition coefficient (Wildman–Crippen LogP) is 3.70. The maximum absolute atomic E-state index is 14.4. The van der Waals surface area contributed by atoms with Crippen LogP contribution in [0.4, 0.5) is 4.39 Å². The van der Waals surface area contributed by atoms with Crippen molar-refractivity contribution in [3.05, 3.63) is 65.0 Å². The van der Waals surface area contributed by atoms with E-state index in [1.807, 2.05) is 18.2 Å². The van der Waals surface area contributed by atoms with Gasteiger partial charge in [-0.05, 0) is 36.6 Å². The summed E-state index contributed by atoms with van der Waals surface area (Å²) in [6, 6.07) is 12.2. The minimum atomic E-state index is -0.395. The van der Waals surface area contributed by atoms with Crippen molar-refractivity contribution >= 4 is 11.6 Å². The Balaban J connectivity index is 1.83. The van der Waals surface area contributed by atoms with Crippen molar-refractivity contribution in [1.29, 1.82) is 0 Å². The van der Waals surface area contributed by atoms with Gasteiger partial charge in [0.25, 0.3) is 0 Å². The van der Waals surface area contributed by atoms with Gasteiger partial charge in [-0.2, -0.15) is 5.10 Å². The summed E-state index contributed by atoms with van der Waals surface area (Å²) in [4.78, 5) is 12.2. The van der Waals surface area contributed by atoms with Crippen molar-refractivity contribution in [3.63, 3.8) is 0 Å². The Morgan fingerprint density at radius 1 is 1.28 bits per heavy atom. The molecule has 0 bridgehead atoms. The van der Waals surface area contributed by atoms with Crippen LogP contribution in [0.25, 0.3) is 0 Å². The van der Waals surface area contributed by atoms with E-state index in [2.05, 4.69) is 5.10 Å². The molecule has 0 N–H and O–H groups in total. The molecule has 4 nitrogen and oxygen atoms in total. The molecule has 1 aliphatic carbocycles. The van der Waals surface area contributed by atoms with Gasteiger partial charge in [0, 0.05) is 24.0 Å². The van der Waals surface area contributed by atoms with Crippen LogP contribution < -0.4 is 4.74 Å². The zero-order chi connectivity index (χ0) is 17.6. The van der Waals surface area contributed by atoms with Crippen molar-refractivity contribution in [2.45, 2.75) is 25.8 Å². The summed E-state index contributed by atoms with van der Waals surface area (Å²) in [5, 5.41) is 6.04. The summed E-state index contributed by atoms with van der Waals surface area (Å²) in [5.41, 5.74) is 3.56. The first-order chi connectivity index (χ1) is 12.1. The number of carbonyl (C=O) groups excluding carboxylic acids is 1. The predicted molar refractivity (Wildman–Crippen MR) is 93.0 cm³/mol. The van der Waals surface area contributed by atoms with Crippen LogP contribution in [-0.4, -0.2) is 23.7 Å². The molecule has 0 radical (unpaired) electrons. The second kappa shape index (κ2) is 5.99. The SMILES string of the molecule is COc1ccc2c(c1)C1=NN(C(C)=O)C(c3ccccc3F)C1CC2. The second-order valence-corrected chi connectivity index (χ2v) is 6.48. The second-order valence-electron chi connectivity index (χ2n) is 6.48. The molecule has 1 heterocycles. The molecule has 1 amide bonds. The van der Waals surface area contributed by atoms with Crippen LogP contribution >= 0.6 is 0 Å². The Kier molecular flexibility index (Phi) is 3.79. The molecule has 5 heteroatoms. The fraction of sp³-hybridized carbons (Fsp3) is 0.300. The van der Waals surface area contributed by atoms with Crippen LogP contribution in [0.15, 0.2) is 47.6 Å². The van der Waals surface area contributed by atoms with E-state index in [0.717, 1.165) is 29.9 Å². The minimum absolute atomic E-state index is 0.0135. The number of hydrogen-bond acceptors (Lipinski definition) is 3. The molecule has 0 fully saturated rings. The van der Waals surface area contributed by atoms with Crippen LogP contribution in [0.1, 0.15) is 36.1 Å². The Labute approximate surface area is 145 Å². The first-order valence-corrected chi connectivity index (χ1v) is 8.40. The lowest BCUT2D eigenvalue weighted by molar-refractivity contribution is -0.131. The highest BCUT2D eigenvalue weighted by atomic mass is 19.1. The number of carbonyl (C=O) groups is 1. The number of amides is 1. The quantitative estimate of drug-likeness (QED) is 0.838. The molecular weight excluding hydrogens is 319 g/mol. The van der Waals surface area contributed by atoms with E-state index >= 15 is 0 Å². The highest BCUT2D eigenvalue weighted by Gasteiger charge is 2.44. The number of fused-ring (bicyclic) bond motifs is 3. The molecule has 2 aromatic rings. The third-order valence-electron chi connectivity index (χ3n) is 5.08. The van der Waals surface area contributed by atoms with Crippen molar-refractivity contribution < 1.29 is 13.9 Å². The third kappa shape index (κ3) is 2.51. The molecule has 2 aliphatic rings. The highest BCUT2D eigenvalue weighted by Crippen LogP contribution is 2.44. The fourth-order valence-corrected chi connectivity index (χ4v) is 3.90. The number of hydrazone groups is 1. The topological polar surface area (TPSA) is 41.9 Å². The van der Waals surface area contributed by atoms with E-state index in [4.69, 9.17) is 4.74 Å². The average Bonchev–Trinajstić information content (AvgIpc) is 3.02. The van der Waals surface area contributed by atoms with E-state index in [1.165, 1.54) is 23.6 Å². The first kappa shape index (κ1) is 15.8. The molecule has 4 rings (SSSR count). The molecular formula is C20H19FN2O2. The van der Waals surface area contributed by atoms with Crippen LogP contribution in [0, 0.1) is 11.7 Å². The number of aryl methyl sites for hydroxylation is 1. The molecule has 1 aliphatic heterocycles. The number of benzene rings is 2. The zero-order valence-electron chi connectivity index (χ0n) is 14.2. The van der Waals surface area contributed by atoms with Gasteiger partial charge >= 0.3 is 0 Å². The molecule has 2 atom stereocenters. The Hall–Kier alpha value is -2.69. The maximum atomic E-state index is 14.4. The maximum Gasteiger partial charge on any atom is 0.240 e. The standard InChI is InChI=1S/C20H19FN2O2/c1-12(24)23-20(15-5-3-4-6-18(15)21)16-10-8-13-7-9-14(25-2)11-17(13)19(16)22-23/h3-7,9,11,16,20H,8,10H2,1-2H3. The van der Waals surface area contributed by atoms with E-state index in [-0.39, 0.29) is 17.6 Å². The van der Waals surface area contributed by atoms with Gasteiger partial charge < -0.3 is 4.74 Å². The Morgan fingerprint density at radius 3 is 2.80 bits per heavy atom. The van der Waals surface area contributed by atoms with Gasteiger partial charge in [-0.3, -0.25) is 4.79 Å². The summed E-state index contributed by atoms with van der Waals surface area (Å²) in [6.45, 7) is 1.47. The van der Waals surface area contributed by atoms with Crippen molar-refractivity contribution in [1.82, 2.24) is 5.01 Å². The minimum Gasteiger partial charge on any atom is -0.497 e. The third-order valence-corrected chi connectivity index (χ3v) is 5.08. The van der Waals surface area contributed by atoms with Gasteiger partial charge in [-0.25, -0.2) is 9.40 Å². The van der Waals surface area contributed by atoms with Gasteiger partial charge in [-0.15, -0.1) is 0 Å². The van der Waals surface area contributed by atoms with Crippen LogP contribution in [-0.2, 0) is 11.2 Å². The monoisotopic (exact) mass is 338 g/mol. The molecule has 25 heavy (non-hydrogen) atoms.